The van der Waals surface area contributed by atoms with Gasteiger partial charge >= 0.3 is 11.9 Å². The van der Waals surface area contributed by atoms with Crippen molar-refractivity contribution in [3.05, 3.63) is 120 Å². The van der Waals surface area contributed by atoms with Crippen LogP contribution < -0.4 is 10.6 Å². The van der Waals surface area contributed by atoms with Crippen LogP contribution in [0.1, 0.15) is 85.7 Å². The number of aromatic nitrogens is 10. The summed E-state index contributed by atoms with van der Waals surface area (Å²) in [5, 5.41) is 39.6. The molecule has 26 nitrogen and oxygen atoms in total. The van der Waals surface area contributed by atoms with Gasteiger partial charge in [-0.2, -0.15) is 39.9 Å². The van der Waals surface area contributed by atoms with Crippen LogP contribution in [-0.2, 0) is 57.0 Å². The molecular formula is C70H94N14O12Si2. The van der Waals surface area contributed by atoms with Crippen LogP contribution in [-0.4, -0.2) is 196 Å². The lowest BCUT2D eigenvalue weighted by Gasteiger charge is -2.38. The molecule has 8 aromatic rings. The number of hydrogen-bond donors (Lipinski definition) is 1. The van der Waals surface area contributed by atoms with Crippen molar-refractivity contribution in [3.63, 3.8) is 0 Å². The summed E-state index contributed by atoms with van der Waals surface area (Å²) in [5.74, 6) is -0.316. The zero-order chi connectivity index (χ0) is 69.9. The highest BCUT2D eigenvalue weighted by Gasteiger charge is 2.47. The third-order valence-corrected chi connectivity index (χ3v) is 21.1. The Hall–Kier alpha value is -8.27. The van der Waals surface area contributed by atoms with E-state index in [1.165, 1.54) is 4.52 Å². The topological polar surface area (TPSA) is 299 Å². The molecule has 6 heterocycles. The Kier molecular flexibility index (Phi) is 26.0. The molecule has 2 aromatic carbocycles. The van der Waals surface area contributed by atoms with Crippen LogP contribution >= 0.6 is 0 Å². The van der Waals surface area contributed by atoms with Crippen molar-refractivity contribution in [2.75, 3.05) is 119 Å². The average molecular weight is 1380 g/mol. The van der Waals surface area contributed by atoms with Crippen molar-refractivity contribution in [2.24, 2.45) is 0 Å². The van der Waals surface area contributed by atoms with Gasteiger partial charge in [0.05, 0.1) is 87.2 Å². The number of nitrogen functional groups attached to an aromatic ring is 1. The van der Waals surface area contributed by atoms with Gasteiger partial charge in [0.2, 0.25) is 0 Å². The molecule has 524 valence electrons. The van der Waals surface area contributed by atoms with Crippen molar-refractivity contribution in [3.8, 4) is 45.8 Å². The molecular weight excluding hydrogens is 1290 g/mol. The number of para-hydroxylation sites is 2. The molecule has 6 aromatic heterocycles. The maximum absolute atomic E-state index is 13.6. The predicted octanol–water partition coefficient (Wildman–Crippen LogP) is 10.4. The Morgan fingerprint density at radius 1 is 0.541 bits per heavy atom. The number of fused-ring (bicyclic) bond motifs is 2. The normalized spacial score (nSPS) is 18.0. The highest BCUT2D eigenvalue weighted by molar-refractivity contribution is 6.76. The zero-order valence-corrected chi connectivity index (χ0v) is 60.2. The number of nitrogens with zero attached hydrogens (tertiary/aromatic N) is 13. The van der Waals surface area contributed by atoms with E-state index in [2.05, 4.69) is 66.7 Å². The van der Waals surface area contributed by atoms with Gasteiger partial charge in [0.1, 0.15) is 55.8 Å². The number of hydrogen-bond acceptors (Lipinski definition) is 22. The van der Waals surface area contributed by atoms with E-state index in [1.54, 1.807) is 56.2 Å². The van der Waals surface area contributed by atoms with Gasteiger partial charge in [-0.15, -0.1) is 0 Å². The predicted molar refractivity (Wildman–Crippen MR) is 375 cm³/mol. The number of anilines is 2. The highest BCUT2D eigenvalue weighted by Crippen LogP contribution is 2.45. The molecule has 28 heteroatoms. The molecule has 0 amide bonds. The standard InChI is InChI=1S/C41H61N7O7Si2.C29H33N7O5/c1-50-18-20-54-40(49)41(55-21-19-51-2)16-14-32(15-17-41)37-35(26-42)39(46(30-52-22-24-56(3,4)5)31-53-23-25-57(6,7)8)48-38(45-37)36(28-44-48)33-27-43-47(29-33)34-12-10-9-11-13-34;1-38-12-14-40-28(37)29(41-15-13-39-2)10-8-20(9-11-29)25-23(16-30)26(31)36-27(34-25)24(18-33-36)21-17-32-35(19-21)22-6-4-3-5-7-22/h9-13,27-29,32H,14-25,30-31H2,1-8H3;3-7,17-20H,8-15,31H2,1-2H3. The molecule has 0 aliphatic heterocycles. The number of rotatable bonds is 33. The Balaban J connectivity index is 0.000000241. The minimum atomic E-state index is -1.37. The molecule has 2 N–H and O–H groups in total. The molecule has 0 radical (unpaired) electrons. The lowest BCUT2D eigenvalue weighted by atomic mass is 9.76. The minimum absolute atomic E-state index is 0.113. The van der Waals surface area contributed by atoms with Crippen molar-refractivity contribution < 1.29 is 57.0 Å². The maximum Gasteiger partial charge on any atom is 0.338 e. The molecule has 98 heavy (non-hydrogen) atoms. The molecule has 2 aliphatic carbocycles. The van der Waals surface area contributed by atoms with Crippen LogP contribution in [0, 0.1) is 22.7 Å². The summed E-state index contributed by atoms with van der Waals surface area (Å²) in [6.45, 7) is 17.6. The van der Waals surface area contributed by atoms with Crippen molar-refractivity contribution in [1.29, 1.82) is 10.5 Å². The summed E-state index contributed by atoms with van der Waals surface area (Å²) in [4.78, 5) is 38.9. The Morgan fingerprint density at radius 3 is 1.35 bits per heavy atom. The molecule has 2 aliphatic rings. The number of methoxy groups -OCH3 is 4. The minimum Gasteiger partial charge on any atom is -0.461 e. The van der Waals surface area contributed by atoms with Crippen LogP contribution in [0.5, 0.6) is 0 Å². The monoisotopic (exact) mass is 1380 g/mol. The number of benzene rings is 2. The van der Waals surface area contributed by atoms with Crippen molar-refractivity contribution in [1.82, 2.24) is 48.8 Å². The van der Waals surface area contributed by atoms with Gasteiger partial charge in [-0.3, -0.25) is 0 Å². The summed E-state index contributed by atoms with van der Waals surface area (Å²) in [6.07, 6.45) is 14.7. The molecule has 0 bridgehead atoms. The molecule has 2 saturated carbocycles. The fourth-order valence-electron chi connectivity index (χ4n) is 12.0. The van der Waals surface area contributed by atoms with Gasteiger partial charge in [-0.1, -0.05) is 75.7 Å². The van der Waals surface area contributed by atoms with E-state index in [0.29, 0.717) is 125 Å². The summed E-state index contributed by atoms with van der Waals surface area (Å²) in [7, 11) is 3.56. The Labute approximate surface area is 575 Å². The first kappa shape index (κ1) is 74.0. The first-order chi connectivity index (χ1) is 47.3. The maximum atomic E-state index is 13.6. The Morgan fingerprint density at radius 2 is 0.939 bits per heavy atom. The third kappa shape index (κ3) is 18.3. The molecule has 0 spiro atoms. The van der Waals surface area contributed by atoms with Crippen molar-refractivity contribution >= 4 is 51.0 Å². The van der Waals surface area contributed by atoms with E-state index in [4.69, 9.17) is 68.2 Å². The van der Waals surface area contributed by atoms with Crippen molar-refractivity contribution in [2.45, 2.75) is 126 Å². The second-order valence-corrected chi connectivity index (χ2v) is 38.2. The van der Waals surface area contributed by atoms with Crippen LogP contribution in [0.3, 0.4) is 0 Å². The summed E-state index contributed by atoms with van der Waals surface area (Å²) in [6, 6.07) is 26.5. The first-order valence-electron chi connectivity index (χ1n) is 33.4. The smallest absolute Gasteiger partial charge is 0.338 e. The largest absolute Gasteiger partial charge is 0.461 e. The quantitative estimate of drug-likeness (QED) is 0.0173. The van der Waals surface area contributed by atoms with Gasteiger partial charge in [-0.05, 0) is 87.7 Å². The highest BCUT2D eigenvalue weighted by atomic mass is 28.3. The molecule has 10 rings (SSSR count). The molecule has 0 saturated heterocycles. The number of carbonyl (C=O) groups excluding carboxylic acids is 2. The number of nitriles is 2. The molecule has 0 unspecified atom stereocenters. The van der Waals surface area contributed by atoms with Gasteiger partial charge < -0.3 is 58.0 Å². The van der Waals surface area contributed by atoms with Gasteiger partial charge in [0.25, 0.3) is 0 Å². The lowest BCUT2D eigenvalue weighted by molar-refractivity contribution is -0.181. The van der Waals surface area contributed by atoms with Gasteiger partial charge in [0, 0.05) is 104 Å². The Bertz CT molecular complexity index is 3950. The van der Waals surface area contributed by atoms with E-state index in [9.17, 15) is 20.1 Å². The van der Waals surface area contributed by atoms with Crippen LogP contribution in [0.4, 0.5) is 11.6 Å². The van der Waals surface area contributed by atoms with E-state index >= 15 is 0 Å². The van der Waals surface area contributed by atoms with Crippen LogP contribution in [0.25, 0.3) is 44.9 Å². The summed E-state index contributed by atoms with van der Waals surface area (Å²) in [5.41, 5.74) is 12.3. The fraction of sp³-hybridized carbons (Fsp3) is 0.514. The van der Waals surface area contributed by atoms with E-state index in [1.807, 2.05) is 88.8 Å². The number of esters is 2. The van der Waals surface area contributed by atoms with E-state index < -0.39 is 39.3 Å². The zero-order valence-electron chi connectivity index (χ0n) is 58.2. The SMILES string of the molecule is COCCOC(=O)C1(OCCOC)CCC(c2nc3c(-c4cnn(-c5ccccc5)c4)cnn3c(N(COCC[Si](C)(C)C)COCC[Si](C)(C)C)c2C#N)CC1.COCCOC(=O)C1(OCCOC)CCC(c2nc3c(-c4cnn(-c5ccccc5)c4)cnn3c(N)c2C#N)CC1. The van der Waals surface area contributed by atoms with E-state index in [-0.39, 0.29) is 63.1 Å². The summed E-state index contributed by atoms with van der Waals surface area (Å²) >= 11 is 0. The third-order valence-electron chi connectivity index (χ3n) is 17.7. The molecule has 2 fully saturated rings. The second-order valence-electron chi connectivity index (χ2n) is 27.0. The van der Waals surface area contributed by atoms with Crippen LogP contribution in [0.15, 0.2) is 97.8 Å². The first-order valence-corrected chi connectivity index (χ1v) is 40.8. The fourth-order valence-corrected chi connectivity index (χ4v) is 13.6. The number of carbonyl (C=O) groups is 2. The van der Waals surface area contributed by atoms with Gasteiger partial charge in [0.15, 0.2) is 28.3 Å². The molecule has 0 atom stereocenters. The number of nitrogens with two attached hydrogens (primary N) is 1. The summed E-state index contributed by atoms with van der Waals surface area (Å²) < 4.78 is 63.5. The van der Waals surface area contributed by atoms with E-state index in [0.717, 1.165) is 45.7 Å². The van der Waals surface area contributed by atoms with Crippen LogP contribution in [0.2, 0.25) is 51.4 Å². The lowest BCUT2D eigenvalue weighted by Crippen LogP contribution is -2.46. The number of ether oxygens (including phenoxy) is 10. The second kappa shape index (κ2) is 34.5. The van der Waals surface area contributed by atoms with Gasteiger partial charge in [-0.25, -0.2) is 28.9 Å². The average Bonchev–Trinajstić information content (AvgIpc) is 1.48.